The van der Waals surface area contributed by atoms with E-state index in [-0.39, 0.29) is 0 Å². The van der Waals surface area contributed by atoms with Gasteiger partial charge in [-0.25, -0.2) is 0 Å². The van der Waals surface area contributed by atoms with Crippen molar-refractivity contribution in [3.8, 4) is 5.75 Å². The molecule has 0 heterocycles. The van der Waals surface area contributed by atoms with Crippen molar-refractivity contribution in [2.45, 2.75) is 26.3 Å². The molecule has 0 unspecified atom stereocenters. The fourth-order valence-electron chi connectivity index (χ4n) is 2.55. The molecular formula is C19H25NO. The van der Waals surface area contributed by atoms with Crippen molar-refractivity contribution in [2.24, 2.45) is 0 Å². The monoisotopic (exact) mass is 283 g/mol. The lowest BCUT2D eigenvalue weighted by Crippen LogP contribution is -2.19. The van der Waals surface area contributed by atoms with Crippen LogP contribution in [0, 0.1) is 6.92 Å². The molecular weight excluding hydrogens is 258 g/mol. The highest BCUT2D eigenvalue weighted by Gasteiger charge is 2.01. The van der Waals surface area contributed by atoms with Gasteiger partial charge in [-0.1, -0.05) is 42.0 Å². The van der Waals surface area contributed by atoms with E-state index in [0.29, 0.717) is 0 Å². The van der Waals surface area contributed by atoms with Gasteiger partial charge >= 0.3 is 0 Å². The SMILES string of the molecule is COc1ccc(CCCN(C)Cc2cccc(C)c2)cc1. The first-order valence-electron chi connectivity index (χ1n) is 7.54. The third kappa shape index (κ3) is 5.24. The lowest BCUT2D eigenvalue weighted by molar-refractivity contribution is 0.322. The van der Waals surface area contributed by atoms with Gasteiger partial charge in [-0.3, -0.25) is 0 Å². The lowest BCUT2D eigenvalue weighted by Gasteiger charge is -2.17. The molecule has 21 heavy (non-hydrogen) atoms. The molecule has 0 aliphatic carbocycles. The van der Waals surface area contributed by atoms with Crippen molar-refractivity contribution in [1.29, 1.82) is 0 Å². The van der Waals surface area contributed by atoms with Crippen molar-refractivity contribution in [2.75, 3.05) is 20.7 Å². The fourth-order valence-corrected chi connectivity index (χ4v) is 2.55. The van der Waals surface area contributed by atoms with E-state index >= 15 is 0 Å². The summed E-state index contributed by atoms with van der Waals surface area (Å²) in [6.45, 7) is 4.28. The fraction of sp³-hybridized carbons (Fsp3) is 0.368. The largest absolute Gasteiger partial charge is 0.497 e. The molecule has 0 amide bonds. The highest BCUT2D eigenvalue weighted by Crippen LogP contribution is 2.13. The summed E-state index contributed by atoms with van der Waals surface area (Å²) in [7, 11) is 3.89. The van der Waals surface area contributed by atoms with Crippen LogP contribution in [0.4, 0.5) is 0 Å². The summed E-state index contributed by atoms with van der Waals surface area (Å²) in [5.41, 5.74) is 4.10. The molecule has 0 spiro atoms. The maximum atomic E-state index is 5.18. The highest BCUT2D eigenvalue weighted by atomic mass is 16.5. The predicted octanol–water partition coefficient (Wildman–Crippen LogP) is 4.07. The summed E-state index contributed by atoms with van der Waals surface area (Å²) in [6.07, 6.45) is 2.29. The standard InChI is InChI=1S/C19H25NO/c1-16-6-4-7-18(14-16)15-20(2)13-5-8-17-9-11-19(21-3)12-10-17/h4,6-7,9-12,14H,5,8,13,15H2,1-3H3. The molecule has 2 nitrogen and oxygen atoms in total. The zero-order chi connectivity index (χ0) is 15.1. The first kappa shape index (κ1) is 15.6. The Labute approximate surface area is 128 Å². The van der Waals surface area contributed by atoms with E-state index in [1.54, 1.807) is 7.11 Å². The molecule has 2 heteroatoms. The second-order valence-corrected chi connectivity index (χ2v) is 5.68. The van der Waals surface area contributed by atoms with E-state index in [0.717, 1.165) is 25.3 Å². The molecule has 112 valence electrons. The summed E-state index contributed by atoms with van der Waals surface area (Å²) < 4.78 is 5.18. The minimum absolute atomic E-state index is 0.926. The van der Waals surface area contributed by atoms with Crippen LogP contribution in [0.25, 0.3) is 0 Å². The van der Waals surface area contributed by atoms with Crippen LogP contribution in [0.3, 0.4) is 0 Å². The number of aryl methyl sites for hydroxylation is 2. The van der Waals surface area contributed by atoms with Crippen LogP contribution in [-0.4, -0.2) is 25.6 Å². The molecule has 0 aliphatic rings. The van der Waals surface area contributed by atoms with Crippen molar-refractivity contribution < 1.29 is 4.74 Å². The molecule has 2 aromatic carbocycles. The average Bonchev–Trinajstić information content (AvgIpc) is 2.48. The van der Waals surface area contributed by atoms with Gasteiger partial charge in [-0.05, 0) is 56.6 Å². The predicted molar refractivity (Wildman–Crippen MR) is 88.8 cm³/mol. The minimum Gasteiger partial charge on any atom is -0.497 e. The molecule has 0 aromatic heterocycles. The summed E-state index contributed by atoms with van der Waals surface area (Å²) in [5.74, 6) is 0.926. The van der Waals surface area contributed by atoms with Crippen molar-refractivity contribution >= 4 is 0 Å². The minimum atomic E-state index is 0.926. The Balaban J connectivity index is 1.74. The number of ether oxygens (including phenoxy) is 1. The highest BCUT2D eigenvalue weighted by molar-refractivity contribution is 5.27. The second kappa shape index (κ2) is 7.84. The van der Waals surface area contributed by atoms with E-state index in [9.17, 15) is 0 Å². The number of methoxy groups -OCH3 is 1. The Hall–Kier alpha value is -1.80. The van der Waals surface area contributed by atoms with Crippen LogP contribution in [-0.2, 0) is 13.0 Å². The molecule has 0 atom stereocenters. The molecule has 0 saturated carbocycles. The number of rotatable bonds is 7. The Kier molecular flexibility index (Phi) is 5.82. The third-order valence-corrected chi connectivity index (χ3v) is 3.70. The molecule has 0 bridgehead atoms. The van der Waals surface area contributed by atoms with Gasteiger partial charge in [-0.15, -0.1) is 0 Å². The molecule has 0 radical (unpaired) electrons. The van der Waals surface area contributed by atoms with Gasteiger partial charge in [0, 0.05) is 6.54 Å². The van der Waals surface area contributed by atoms with Gasteiger partial charge in [0.1, 0.15) is 5.75 Å². The molecule has 0 aliphatic heterocycles. The summed E-state index contributed by atoms with van der Waals surface area (Å²) in [4.78, 5) is 2.39. The van der Waals surface area contributed by atoms with E-state index in [4.69, 9.17) is 4.74 Å². The number of nitrogens with zero attached hydrogens (tertiary/aromatic N) is 1. The zero-order valence-corrected chi connectivity index (χ0v) is 13.3. The zero-order valence-electron chi connectivity index (χ0n) is 13.3. The Bertz CT molecular complexity index is 548. The summed E-state index contributed by atoms with van der Waals surface area (Å²) in [6, 6.07) is 17.1. The van der Waals surface area contributed by atoms with Crippen molar-refractivity contribution in [3.05, 3.63) is 65.2 Å². The normalized spacial score (nSPS) is 10.9. The van der Waals surface area contributed by atoms with Gasteiger partial charge in [-0.2, -0.15) is 0 Å². The first-order valence-corrected chi connectivity index (χ1v) is 7.54. The molecule has 2 aromatic rings. The van der Waals surface area contributed by atoms with Crippen LogP contribution in [0.1, 0.15) is 23.1 Å². The van der Waals surface area contributed by atoms with E-state index in [2.05, 4.69) is 55.3 Å². The molecule has 0 saturated heterocycles. The molecule has 2 rings (SSSR count). The first-order chi connectivity index (χ1) is 10.2. The molecule has 0 N–H and O–H groups in total. The maximum absolute atomic E-state index is 5.18. The van der Waals surface area contributed by atoms with Gasteiger partial charge in [0.25, 0.3) is 0 Å². The molecule has 0 fully saturated rings. The van der Waals surface area contributed by atoms with Crippen molar-refractivity contribution in [3.63, 3.8) is 0 Å². The Morgan fingerprint density at radius 2 is 1.76 bits per heavy atom. The maximum Gasteiger partial charge on any atom is 0.118 e. The van der Waals surface area contributed by atoms with E-state index in [1.807, 2.05) is 12.1 Å². The van der Waals surface area contributed by atoms with Crippen LogP contribution < -0.4 is 4.74 Å². The number of benzene rings is 2. The van der Waals surface area contributed by atoms with Crippen molar-refractivity contribution in [1.82, 2.24) is 4.90 Å². The summed E-state index contributed by atoms with van der Waals surface area (Å²) in [5, 5.41) is 0. The van der Waals surface area contributed by atoms with Crippen LogP contribution in [0.15, 0.2) is 48.5 Å². The quantitative estimate of drug-likeness (QED) is 0.759. The van der Waals surface area contributed by atoms with Crippen LogP contribution >= 0.6 is 0 Å². The van der Waals surface area contributed by atoms with Gasteiger partial charge in [0.05, 0.1) is 7.11 Å². The lowest BCUT2D eigenvalue weighted by atomic mass is 10.1. The third-order valence-electron chi connectivity index (χ3n) is 3.70. The second-order valence-electron chi connectivity index (χ2n) is 5.68. The van der Waals surface area contributed by atoms with Crippen LogP contribution in [0.2, 0.25) is 0 Å². The Morgan fingerprint density at radius 3 is 2.43 bits per heavy atom. The smallest absolute Gasteiger partial charge is 0.118 e. The van der Waals surface area contributed by atoms with Crippen LogP contribution in [0.5, 0.6) is 5.75 Å². The van der Waals surface area contributed by atoms with Gasteiger partial charge in [0.15, 0.2) is 0 Å². The van der Waals surface area contributed by atoms with E-state index in [1.165, 1.54) is 23.1 Å². The van der Waals surface area contributed by atoms with Gasteiger partial charge < -0.3 is 9.64 Å². The van der Waals surface area contributed by atoms with E-state index < -0.39 is 0 Å². The average molecular weight is 283 g/mol. The topological polar surface area (TPSA) is 12.5 Å². The summed E-state index contributed by atoms with van der Waals surface area (Å²) >= 11 is 0. The van der Waals surface area contributed by atoms with Gasteiger partial charge in [0.2, 0.25) is 0 Å². The number of hydrogen-bond acceptors (Lipinski definition) is 2. The Morgan fingerprint density at radius 1 is 1.00 bits per heavy atom. The number of hydrogen-bond donors (Lipinski definition) is 0.